The summed E-state index contributed by atoms with van der Waals surface area (Å²) in [4.78, 5) is 15.1. The van der Waals surface area contributed by atoms with Crippen molar-refractivity contribution in [3.63, 3.8) is 0 Å². The molecule has 1 amide bonds. The fourth-order valence-electron chi connectivity index (χ4n) is 3.93. The number of nitrogens with two attached hydrogens (primary N) is 1. The van der Waals surface area contributed by atoms with E-state index in [0.29, 0.717) is 24.8 Å². The average Bonchev–Trinajstić information content (AvgIpc) is 3.08. The van der Waals surface area contributed by atoms with Crippen LogP contribution in [0.5, 0.6) is 0 Å². The molecule has 0 bridgehead atoms. The van der Waals surface area contributed by atoms with Gasteiger partial charge in [-0.1, -0.05) is 48.5 Å². The fourth-order valence-corrected chi connectivity index (χ4v) is 3.93. The lowest BCUT2D eigenvalue weighted by Gasteiger charge is -2.34. The minimum Gasteiger partial charge on any atom is -0.330 e. The van der Waals surface area contributed by atoms with Crippen molar-refractivity contribution >= 4 is 11.6 Å². The Morgan fingerprint density at radius 1 is 1.11 bits per heavy atom. The number of benzene rings is 2. The van der Waals surface area contributed by atoms with Crippen LogP contribution in [0.4, 0.5) is 5.69 Å². The standard InChI is InChI=1S/C22H25N5O/c1-26-20(24-25-22(26)17-7-3-2-4-8-17)14-21(28)27-15-16(11-12-23)13-18-9-5-6-10-19(18)27/h2-10,16H,11-15,23H2,1H3. The summed E-state index contributed by atoms with van der Waals surface area (Å²) in [5.41, 5.74) is 8.98. The molecule has 3 aromatic rings. The zero-order valence-corrected chi connectivity index (χ0v) is 16.1. The number of amides is 1. The van der Waals surface area contributed by atoms with Crippen LogP contribution in [0.3, 0.4) is 0 Å². The van der Waals surface area contributed by atoms with Gasteiger partial charge in [-0.15, -0.1) is 10.2 Å². The van der Waals surface area contributed by atoms with Crippen molar-refractivity contribution in [3.8, 4) is 11.4 Å². The second-order valence-electron chi connectivity index (χ2n) is 7.32. The summed E-state index contributed by atoms with van der Waals surface area (Å²) in [7, 11) is 1.91. The zero-order chi connectivity index (χ0) is 19.5. The first-order valence-electron chi connectivity index (χ1n) is 9.69. The third-order valence-corrected chi connectivity index (χ3v) is 5.41. The summed E-state index contributed by atoms with van der Waals surface area (Å²) >= 11 is 0. The first kappa shape index (κ1) is 18.4. The molecular formula is C22H25N5O. The molecule has 0 saturated carbocycles. The maximum atomic E-state index is 13.2. The molecule has 1 unspecified atom stereocenters. The molecule has 144 valence electrons. The Morgan fingerprint density at radius 2 is 1.86 bits per heavy atom. The van der Waals surface area contributed by atoms with Crippen molar-refractivity contribution in [2.45, 2.75) is 19.3 Å². The highest BCUT2D eigenvalue weighted by Gasteiger charge is 2.28. The van der Waals surface area contributed by atoms with Gasteiger partial charge in [0, 0.05) is 24.8 Å². The SMILES string of the molecule is Cn1c(CC(=O)N2CC(CCN)Cc3ccccc32)nnc1-c1ccccc1. The van der Waals surface area contributed by atoms with E-state index in [1.807, 2.05) is 65.0 Å². The molecule has 1 aliphatic heterocycles. The van der Waals surface area contributed by atoms with Crippen LogP contribution in [0.15, 0.2) is 54.6 Å². The molecule has 1 aliphatic rings. The van der Waals surface area contributed by atoms with Gasteiger partial charge in [0.25, 0.3) is 0 Å². The number of nitrogens with zero attached hydrogens (tertiary/aromatic N) is 4. The number of rotatable bonds is 5. The number of aromatic nitrogens is 3. The van der Waals surface area contributed by atoms with Crippen molar-refractivity contribution < 1.29 is 4.79 Å². The van der Waals surface area contributed by atoms with Crippen LogP contribution in [0.1, 0.15) is 17.8 Å². The number of anilines is 1. The highest BCUT2D eigenvalue weighted by molar-refractivity contribution is 5.95. The molecule has 0 saturated heterocycles. The van der Waals surface area contributed by atoms with E-state index in [4.69, 9.17) is 5.73 Å². The summed E-state index contributed by atoms with van der Waals surface area (Å²) < 4.78 is 1.90. The lowest BCUT2D eigenvalue weighted by atomic mass is 9.90. The van der Waals surface area contributed by atoms with Crippen LogP contribution in [-0.4, -0.2) is 33.8 Å². The van der Waals surface area contributed by atoms with Crippen molar-refractivity contribution in [3.05, 3.63) is 66.0 Å². The largest absolute Gasteiger partial charge is 0.330 e. The van der Waals surface area contributed by atoms with E-state index in [1.54, 1.807) is 0 Å². The Hall–Kier alpha value is -2.99. The van der Waals surface area contributed by atoms with Gasteiger partial charge in [0.2, 0.25) is 5.91 Å². The van der Waals surface area contributed by atoms with Gasteiger partial charge in [0.15, 0.2) is 5.82 Å². The second kappa shape index (κ2) is 7.94. The average molecular weight is 375 g/mol. The van der Waals surface area contributed by atoms with Crippen LogP contribution < -0.4 is 10.6 Å². The smallest absolute Gasteiger partial charge is 0.234 e. The molecule has 0 radical (unpaired) electrons. The Morgan fingerprint density at radius 3 is 2.64 bits per heavy atom. The monoisotopic (exact) mass is 375 g/mol. The first-order valence-corrected chi connectivity index (χ1v) is 9.69. The number of hydrogen-bond donors (Lipinski definition) is 1. The fraction of sp³-hybridized carbons (Fsp3) is 0.318. The number of hydrogen-bond acceptors (Lipinski definition) is 4. The van der Waals surface area contributed by atoms with Gasteiger partial charge >= 0.3 is 0 Å². The quantitative estimate of drug-likeness (QED) is 0.744. The minimum atomic E-state index is 0.0456. The predicted molar refractivity (Wildman–Crippen MR) is 110 cm³/mol. The van der Waals surface area contributed by atoms with Crippen LogP contribution >= 0.6 is 0 Å². The normalized spacial score (nSPS) is 16.1. The maximum Gasteiger partial charge on any atom is 0.234 e. The van der Waals surface area contributed by atoms with E-state index < -0.39 is 0 Å². The Bertz CT molecular complexity index is 966. The van der Waals surface area contributed by atoms with Crippen molar-refractivity contribution in [2.75, 3.05) is 18.0 Å². The molecule has 6 nitrogen and oxygen atoms in total. The van der Waals surface area contributed by atoms with E-state index in [0.717, 1.165) is 29.9 Å². The molecule has 1 aromatic heterocycles. The lowest BCUT2D eigenvalue weighted by Crippen LogP contribution is -2.41. The van der Waals surface area contributed by atoms with E-state index in [1.165, 1.54) is 5.56 Å². The molecular weight excluding hydrogens is 350 g/mol. The van der Waals surface area contributed by atoms with Crippen LogP contribution in [-0.2, 0) is 24.7 Å². The summed E-state index contributed by atoms with van der Waals surface area (Å²) in [6, 6.07) is 18.0. The molecule has 0 aliphatic carbocycles. The van der Waals surface area contributed by atoms with E-state index in [9.17, 15) is 4.79 Å². The van der Waals surface area contributed by atoms with Crippen LogP contribution in [0.25, 0.3) is 11.4 Å². The summed E-state index contributed by atoms with van der Waals surface area (Å²) in [5.74, 6) is 1.87. The van der Waals surface area contributed by atoms with Gasteiger partial charge in [0.1, 0.15) is 5.82 Å². The maximum absolute atomic E-state index is 13.2. The van der Waals surface area contributed by atoms with Crippen molar-refractivity contribution in [1.29, 1.82) is 0 Å². The van der Waals surface area contributed by atoms with E-state index in [2.05, 4.69) is 16.3 Å². The van der Waals surface area contributed by atoms with E-state index >= 15 is 0 Å². The molecule has 6 heteroatoms. The summed E-state index contributed by atoms with van der Waals surface area (Å²) in [6.07, 6.45) is 2.11. The lowest BCUT2D eigenvalue weighted by molar-refractivity contribution is -0.118. The molecule has 0 spiro atoms. The van der Waals surface area contributed by atoms with Gasteiger partial charge in [-0.2, -0.15) is 0 Å². The summed E-state index contributed by atoms with van der Waals surface area (Å²) in [5, 5.41) is 8.58. The number of para-hydroxylation sites is 1. The third-order valence-electron chi connectivity index (χ3n) is 5.41. The van der Waals surface area contributed by atoms with E-state index in [-0.39, 0.29) is 12.3 Å². The molecule has 0 fully saturated rings. The summed E-state index contributed by atoms with van der Waals surface area (Å²) in [6.45, 7) is 1.34. The molecule has 2 N–H and O–H groups in total. The van der Waals surface area contributed by atoms with Gasteiger partial charge in [-0.25, -0.2) is 0 Å². The van der Waals surface area contributed by atoms with Gasteiger partial charge in [-0.05, 0) is 36.9 Å². The zero-order valence-electron chi connectivity index (χ0n) is 16.1. The minimum absolute atomic E-state index is 0.0456. The number of carbonyl (C=O) groups is 1. The second-order valence-corrected chi connectivity index (χ2v) is 7.32. The Balaban J connectivity index is 1.58. The number of carbonyl (C=O) groups excluding carboxylic acids is 1. The predicted octanol–water partition coefficient (Wildman–Crippen LogP) is 2.58. The number of fused-ring (bicyclic) bond motifs is 1. The third kappa shape index (κ3) is 3.55. The molecule has 28 heavy (non-hydrogen) atoms. The highest BCUT2D eigenvalue weighted by atomic mass is 16.2. The van der Waals surface area contributed by atoms with Crippen molar-refractivity contribution in [1.82, 2.24) is 14.8 Å². The first-order chi connectivity index (χ1) is 13.7. The molecule has 2 aromatic carbocycles. The molecule has 2 heterocycles. The topological polar surface area (TPSA) is 77.0 Å². The molecule has 4 rings (SSSR count). The molecule has 1 atom stereocenters. The van der Waals surface area contributed by atoms with Gasteiger partial charge in [0.05, 0.1) is 6.42 Å². The van der Waals surface area contributed by atoms with Crippen LogP contribution in [0.2, 0.25) is 0 Å². The van der Waals surface area contributed by atoms with Gasteiger partial charge in [-0.3, -0.25) is 4.79 Å². The van der Waals surface area contributed by atoms with Crippen LogP contribution in [0, 0.1) is 5.92 Å². The Kier molecular flexibility index (Phi) is 5.21. The highest BCUT2D eigenvalue weighted by Crippen LogP contribution is 2.31. The van der Waals surface area contributed by atoms with Gasteiger partial charge < -0.3 is 15.2 Å². The van der Waals surface area contributed by atoms with Crippen molar-refractivity contribution in [2.24, 2.45) is 18.7 Å². The Labute approximate surface area is 165 Å².